The Kier molecular flexibility index (Phi) is 3.75. The fourth-order valence-electron chi connectivity index (χ4n) is 1.68. The van der Waals surface area contributed by atoms with Crippen LogP contribution in [0.2, 0.25) is 0 Å². The minimum absolute atomic E-state index is 0.313. The SMILES string of the molecule is Cc1cn(CCF)nc1NCc1ccccc1. The Hall–Kier alpha value is -1.84. The van der Waals surface area contributed by atoms with Crippen molar-refractivity contribution in [2.75, 3.05) is 12.0 Å². The second-order valence-electron chi connectivity index (χ2n) is 3.95. The highest BCUT2D eigenvalue weighted by atomic mass is 19.1. The zero-order valence-electron chi connectivity index (χ0n) is 9.86. The van der Waals surface area contributed by atoms with Gasteiger partial charge in [-0.15, -0.1) is 0 Å². The van der Waals surface area contributed by atoms with Crippen LogP contribution in [0.4, 0.5) is 10.2 Å². The predicted octanol–water partition coefficient (Wildman–Crippen LogP) is 2.77. The van der Waals surface area contributed by atoms with E-state index in [2.05, 4.69) is 22.5 Å². The molecule has 0 saturated heterocycles. The van der Waals surface area contributed by atoms with E-state index in [9.17, 15) is 4.39 Å². The fraction of sp³-hybridized carbons (Fsp3) is 0.308. The highest BCUT2D eigenvalue weighted by molar-refractivity contribution is 5.42. The van der Waals surface area contributed by atoms with Crippen LogP contribution in [0, 0.1) is 6.92 Å². The normalized spacial score (nSPS) is 10.5. The van der Waals surface area contributed by atoms with Crippen LogP contribution in [0.5, 0.6) is 0 Å². The first-order valence-electron chi connectivity index (χ1n) is 5.67. The van der Waals surface area contributed by atoms with Crippen molar-refractivity contribution in [3.8, 4) is 0 Å². The van der Waals surface area contributed by atoms with Crippen molar-refractivity contribution >= 4 is 5.82 Å². The lowest BCUT2D eigenvalue weighted by molar-refractivity contribution is 0.427. The molecule has 3 nitrogen and oxygen atoms in total. The first-order valence-corrected chi connectivity index (χ1v) is 5.67. The lowest BCUT2D eigenvalue weighted by Gasteiger charge is -2.03. The molecule has 0 amide bonds. The minimum Gasteiger partial charge on any atom is -0.364 e. The summed E-state index contributed by atoms with van der Waals surface area (Å²) in [5.74, 6) is 0.822. The van der Waals surface area contributed by atoms with E-state index in [0.29, 0.717) is 6.54 Å². The summed E-state index contributed by atoms with van der Waals surface area (Å²) in [6.45, 7) is 2.62. The molecule has 2 rings (SSSR count). The van der Waals surface area contributed by atoms with Crippen LogP contribution in [0.1, 0.15) is 11.1 Å². The molecule has 2 aromatic rings. The number of nitrogens with zero attached hydrogens (tertiary/aromatic N) is 2. The van der Waals surface area contributed by atoms with E-state index in [1.165, 1.54) is 5.56 Å². The van der Waals surface area contributed by atoms with E-state index in [1.807, 2.05) is 31.3 Å². The Labute approximate surface area is 100 Å². The van der Waals surface area contributed by atoms with Gasteiger partial charge in [-0.25, -0.2) is 4.39 Å². The van der Waals surface area contributed by atoms with E-state index in [4.69, 9.17) is 0 Å². The monoisotopic (exact) mass is 233 g/mol. The van der Waals surface area contributed by atoms with Gasteiger partial charge in [0.2, 0.25) is 0 Å². The predicted molar refractivity (Wildman–Crippen MR) is 66.7 cm³/mol. The molecule has 0 radical (unpaired) electrons. The van der Waals surface area contributed by atoms with Crippen LogP contribution in [-0.2, 0) is 13.1 Å². The number of aryl methyl sites for hydroxylation is 2. The number of nitrogens with one attached hydrogen (secondary N) is 1. The fourth-order valence-corrected chi connectivity index (χ4v) is 1.68. The molecular formula is C13H16FN3. The summed E-state index contributed by atoms with van der Waals surface area (Å²) in [6.07, 6.45) is 1.85. The van der Waals surface area contributed by atoms with Crippen molar-refractivity contribution in [1.29, 1.82) is 0 Å². The third-order valence-corrected chi connectivity index (χ3v) is 2.56. The van der Waals surface area contributed by atoms with Crippen LogP contribution >= 0.6 is 0 Å². The zero-order chi connectivity index (χ0) is 12.1. The topological polar surface area (TPSA) is 29.9 Å². The molecule has 1 aromatic carbocycles. The summed E-state index contributed by atoms with van der Waals surface area (Å²) >= 11 is 0. The second kappa shape index (κ2) is 5.48. The minimum atomic E-state index is -0.390. The molecule has 0 bridgehead atoms. The Morgan fingerprint density at radius 1 is 1.29 bits per heavy atom. The van der Waals surface area contributed by atoms with Crippen LogP contribution < -0.4 is 5.32 Å². The summed E-state index contributed by atoms with van der Waals surface area (Å²) < 4.78 is 13.8. The molecule has 1 heterocycles. The van der Waals surface area contributed by atoms with Crippen LogP contribution in [0.15, 0.2) is 36.5 Å². The molecule has 17 heavy (non-hydrogen) atoms. The first kappa shape index (κ1) is 11.6. The van der Waals surface area contributed by atoms with Gasteiger partial charge in [-0.2, -0.15) is 5.10 Å². The molecule has 1 aromatic heterocycles. The lowest BCUT2D eigenvalue weighted by atomic mass is 10.2. The number of hydrogen-bond donors (Lipinski definition) is 1. The van der Waals surface area contributed by atoms with Gasteiger partial charge >= 0.3 is 0 Å². The summed E-state index contributed by atoms with van der Waals surface area (Å²) in [5.41, 5.74) is 2.24. The number of rotatable bonds is 5. The quantitative estimate of drug-likeness (QED) is 0.860. The zero-order valence-corrected chi connectivity index (χ0v) is 9.86. The number of alkyl halides is 1. The van der Waals surface area contributed by atoms with Gasteiger partial charge in [0.05, 0.1) is 6.54 Å². The molecule has 0 spiro atoms. The highest BCUT2D eigenvalue weighted by Gasteiger charge is 2.04. The van der Waals surface area contributed by atoms with Gasteiger partial charge in [0, 0.05) is 18.3 Å². The van der Waals surface area contributed by atoms with Crippen molar-refractivity contribution in [1.82, 2.24) is 9.78 Å². The van der Waals surface area contributed by atoms with Crippen molar-refractivity contribution in [3.05, 3.63) is 47.7 Å². The van der Waals surface area contributed by atoms with Crippen molar-refractivity contribution in [2.45, 2.75) is 20.0 Å². The van der Waals surface area contributed by atoms with Gasteiger partial charge in [-0.1, -0.05) is 30.3 Å². The van der Waals surface area contributed by atoms with Gasteiger partial charge in [-0.05, 0) is 12.5 Å². The Morgan fingerprint density at radius 3 is 2.76 bits per heavy atom. The number of halogens is 1. The third-order valence-electron chi connectivity index (χ3n) is 2.56. The van der Waals surface area contributed by atoms with Gasteiger partial charge in [0.25, 0.3) is 0 Å². The van der Waals surface area contributed by atoms with E-state index in [-0.39, 0.29) is 6.67 Å². The summed E-state index contributed by atoms with van der Waals surface area (Å²) in [5, 5.41) is 7.53. The molecule has 4 heteroatoms. The highest BCUT2D eigenvalue weighted by Crippen LogP contribution is 2.12. The molecule has 90 valence electrons. The van der Waals surface area contributed by atoms with E-state index in [1.54, 1.807) is 4.68 Å². The third kappa shape index (κ3) is 3.06. The molecule has 0 aliphatic heterocycles. The Bertz CT molecular complexity index is 465. The summed E-state index contributed by atoms with van der Waals surface area (Å²) in [7, 11) is 0. The Balaban J connectivity index is 1.99. The van der Waals surface area contributed by atoms with Crippen molar-refractivity contribution in [3.63, 3.8) is 0 Å². The van der Waals surface area contributed by atoms with Gasteiger partial charge in [0.1, 0.15) is 6.67 Å². The van der Waals surface area contributed by atoms with E-state index in [0.717, 1.165) is 17.9 Å². The molecule has 0 aliphatic carbocycles. The van der Waals surface area contributed by atoms with Crippen LogP contribution in [0.25, 0.3) is 0 Å². The number of aromatic nitrogens is 2. The van der Waals surface area contributed by atoms with Crippen molar-refractivity contribution in [2.24, 2.45) is 0 Å². The molecule has 1 N–H and O–H groups in total. The second-order valence-corrected chi connectivity index (χ2v) is 3.95. The van der Waals surface area contributed by atoms with Crippen LogP contribution in [-0.4, -0.2) is 16.5 Å². The molecule has 0 atom stereocenters. The van der Waals surface area contributed by atoms with Gasteiger partial charge in [-0.3, -0.25) is 4.68 Å². The number of hydrogen-bond acceptors (Lipinski definition) is 2. The average Bonchev–Trinajstić information content (AvgIpc) is 2.69. The molecule has 0 fully saturated rings. The molecule has 0 aliphatic rings. The van der Waals surface area contributed by atoms with Crippen LogP contribution in [0.3, 0.4) is 0 Å². The Morgan fingerprint density at radius 2 is 2.06 bits per heavy atom. The maximum Gasteiger partial charge on any atom is 0.151 e. The first-order chi connectivity index (χ1) is 8.29. The van der Waals surface area contributed by atoms with Gasteiger partial charge < -0.3 is 5.32 Å². The van der Waals surface area contributed by atoms with E-state index >= 15 is 0 Å². The summed E-state index contributed by atoms with van der Waals surface area (Å²) in [4.78, 5) is 0. The summed E-state index contributed by atoms with van der Waals surface area (Å²) in [6, 6.07) is 10.1. The number of benzene rings is 1. The lowest BCUT2D eigenvalue weighted by Crippen LogP contribution is -2.03. The van der Waals surface area contributed by atoms with Crippen molar-refractivity contribution < 1.29 is 4.39 Å². The average molecular weight is 233 g/mol. The maximum atomic E-state index is 12.2. The van der Waals surface area contributed by atoms with Gasteiger partial charge in [0.15, 0.2) is 5.82 Å². The standard InChI is InChI=1S/C13H16FN3/c1-11-10-17(8-7-14)16-13(11)15-9-12-5-3-2-4-6-12/h2-6,10H,7-9H2,1H3,(H,15,16). The molecule has 0 saturated carbocycles. The largest absolute Gasteiger partial charge is 0.364 e. The van der Waals surface area contributed by atoms with E-state index < -0.39 is 0 Å². The smallest absolute Gasteiger partial charge is 0.151 e. The maximum absolute atomic E-state index is 12.2. The molecular weight excluding hydrogens is 217 g/mol. The molecule has 0 unspecified atom stereocenters. The number of anilines is 1.